The van der Waals surface area contributed by atoms with Gasteiger partial charge in [0, 0.05) is 0 Å². The van der Waals surface area contributed by atoms with Crippen LogP contribution < -0.4 is 0 Å². The van der Waals surface area contributed by atoms with Crippen LogP contribution in [0.2, 0.25) is 0 Å². The highest BCUT2D eigenvalue weighted by molar-refractivity contribution is 5.92. The number of aromatic carboxylic acids is 1. The number of hydrogen-bond acceptors (Lipinski definition) is 4. The van der Waals surface area contributed by atoms with Crippen LogP contribution in [0.3, 0.4) is 0 Å². The number of carbonyl (C=O) groups is 1. The molecule has 1 aliphatic rings. The van der Waals surface area contributed by atoms with Crippen molar-refractivity contribution in [2.45, 2.75) is 6.04 Å². The fraction of sp³-hybridized carbons (Fsp3) is 0.300. The fourth-order valence-electron chi connectivity index (χ4n) is 1.71. The number of carboxylic acids is 1. The predicted octanol–water partition coefficient (Wildman–Crippen LogP) is 0.701. The van der Waals surface area contributed by atoms with E-state index in [1.165, 1.54) is 6.07 Å². The molecule has 0 bridgehead atoms. The third-order valence-electron chi connectivity index (χ3n) is 2.68. The molecular weight excluding hydrogens is 210 g/mol. The van der Waals surface area contributed by atoms with Crippen molar-refractivity contribution in [1.82, 2.24) is 15.0 Å². The second-order valence-electron chi connectivity index (χ2n) is 3.73. The monoisotopic (exact) mass is 219 g/mol. The summed E-state index contributed by atoms with van der Waals surface area (Å²) in [5, 5.41) is 16.8. The van der Waals surface area contributed by atoms with Crippen molar-refractivity contribution in [3.63, 3.8) is 0 Å². The molecule has 6 heteroatoms. The first-order valence-electron chi connectivity index (χ1n) is 4.92. The number of rotatable bonds is 2. The van der Waals surface area contributed by atoms with E-state index in [1.807, 2.05) is 0 Å². The summed E-state index contributed by atoms with van der Waals surface area (Å²) < 4.78 is 6.87. The average Bonchev–Trinajstić information content (AvgIpc) is 2.59. The molecular formula is C10H9N3O3. The molecule has 1 N–H and O–H groups in total. The molecule has 1 saturated heterocycles. The van der Waals surface area contributed by atoms with Crippen molar-refractivity contribution in [2.75, 3.05) is 13.2 Å². The van der Waals surface area contributed by atoms with E-state index in [0.717, 1.165) is 5.52 Å². The summed E-state index contributed by atoms with van der Waals surface area (Å²) in [5.74, 6) is -0.955. The van der Waals surface area contributed by atoms with Crippen LogP contribution in [-0.4, -0.2) is 39.3 Å². The van der Waals surface area contributed by atoms with Gasteiger partial charge < -0.3 is 9.84 Å². The van der Waals surface area contributed by atoms with Crippen LogP contribution in [0.15, 0.2) is 18.2 Å². The van der Waals surface area contributed by atoms with E-state index in [9.17, 15) is 4.79 Å². The van der Waals surface area contributed by atoms with Gasteiger partial charge in [0.1, 0.15) is 11.6 Å². The lowest BCUT2D eigenvalue weighted by Crippen LogP contribution is -2.31. The molecule has 0 aliphatic carbocycles. The number of benzene rings is 1. The van der Waals surface area contributed by atoms with Crippen LogP contribution in [0.1, 0.15) is 16.4 Å². The minimum atomic E-state index is -0.955. The summed E-state index contributed by atoms with van der Waals surface area (Å²) in [6.45, 7) is 1.28. The molecule has 0 saturated carbocycles. The molecule has 0 amide bonds. The van der Waals surface area contributed by atoms with Gasteiger partial charge in [0.25, 0.3) is 0 Å². The minimum Gasteiger partial charge on any atom is -0.478 e. The largest absolute Gasteiger partial charge is 0.478 e. The molecule has 0 radical (unpaired) electrons. The van der Waals surface area contributed by atoms with Crippen LogP contribution in [0, 0.1) is 0 Å². The molecule has 1 aromatic carbocycles. The Kier molecular flexibility index (Phi) is 1.90. The van der Waals surface area contributed by atoms with Gasteiger partial charge in [0.2, 0.25) is 0 Å². The molecule has 2 aromatic rings. The number of nitrogens with zero attached hydrogens (tertiary/aromatic N) is 3. The highest BCUT2D eigenvalue weighted by Gasteiger charge is 2.23. The second-order valence-corrected chi connectivity index (χ2v) is 3.73. The van der Waals surface area contributed by atoms with E-state index in [4.69, 9.17) is 9.84 Å². The Morgan fingerprint density at radius 3 is 2.94 bits per heavy atom. The SMILES string of the molecule is O=C(O)c1ccc2c(c1)nnn2C1COC1. The Bertz CT molecular complexity index is 559. The smallest absolute Gasteiger partial charge is 0.335 e. The van der Waals surface area contributed by atoms with E-state index in [-0.39, 0.29) is 11.6 Å². The predicted molar refractivity (Wildman–Crippen MR) is 54.3 cm³/mol. The van der Waals surface area contributed by atoms with Gasteiger partial charge >= 0.3 is 5.97 Å². The van der Waals surface area contributed by atoms with Gasteiger partial charge in [-0.25, -0.2) is 9.48 Å². The van der Waals surface area contributed by atoms with Gasteiger partial charge in [-0.1, -0.05) is 5.21 Å². The molecule has 1 aliphatic heterocycles. The van der Waals surface area contributed by atoms with Crippen molar-refractivity contribution in [3.05, 3.63) is 23.8 Å². The highest BCUT2D eigenvalue weighted by Crippen LogP contribution is 2.22. The summed E-state index contributed by atoms with van der Waals surface area (Å²) in [4.78, 5) is 10.8. The van der Waals surface area contributed by atoms with Crippen molar-refractivity contribution in [2.24, 2.45) is 0 Å². The lowest BCUT2D eigenvalue weighted by Gasteiger charge is -2.25. The molecule has 2 heterocycles. The van der Waals surface area contributed by atoms with Gasteiger partial charge in [-0.05, 0) is 18.2 Å². The van der Waals surface area contributed by atoms with Gasteiger partial charge in [-0.2, -0.15) is 0 Å². The number of hydrogen-bond donors (Lipinski definition) is 1. The summed E-state index contributed by atoms with van der Waals surface area (Å²) >= 11 is 0. The molecule has 0 atom stereocenters. The first-order valence-corrected chi connectivity index (χ1v) is 4.92. The topological polar surface area (TPSA) is 77.2 Å². The van der Waals surface area contributed by atoms with E-state index >= 15 is 0 Å². The molecule has 82 valence electrons. The van der Waals surface area contributed by atoms with Crippen molar-refractivity contribution >= 4 is 17.0 Å². The Morgan fingerprint density at radius 1 is 1.50 bits per heavy atom. The molecule has 6 nitrogen and oxygen atoms in total. The maximum Gasteiger partial charge on any atom is 0.335 e. The third kappa shape index (κ3) is 1.27. The average molecular weight is 219 g/mol. The van der Waals surface area contributed by atoms with Crippen LogP contribution in [0.25, 0.3) is 11.0 Å². The molecule has 0 unspecified atom stereocenters. The summed E-state index contributed by atoms with van der Waals surface area (Å²) in [6, 6.07) is 5.04. The number of fused-ring (bicyclic) bond motifs is 1. The number of ether oxygens (including phenoxy) is 1. The van der Waals surface area contributed by atoms with Crippen LogP contribution >= 0.6 is 0 Å². The van der Waals surface area contributed by atoms with E-state index in [1.54, 1.807) is 16.8 Å². The normalized spacial score (nSPS) is 16.2. The van der Waals surface area contributed by atoms with Crippen LogP contribution in [0.4, 0.5) is 0 Å². The van der Waals surface area contributed by atoms with Crippen molar-refractivity contribution < 1.29 is 14.6 Å². The highest BCUT2D eigenvalue weighted by atomic mass is 16.5. The molecule has 1 fully saturated rings. The Balaban J connectivity index is 2.10. The second kappa shape index (κ2) is 3.28. The van der Waals surface area contributed by atoms with E-state index < -0.39 is 5.97 Å². The number of carboxylic acid groups (broad SMARTS) is 1. The number of aromatic nitrogens is 3. The zero-order valence-electron chi connectivity index (χ0n) is 8.33. The quantitative estimate of drug-likeness (QED) is 0.804. The Labute approximate surface area is 90.4 Å². The molecule has 16 heavy (non-hydrogen) atoms. The summed E-state index contributed by atoms with van der Waals surface area (Å²) in [7, 11) is 0. The molecule has 1 aromatic heterocycles. The standard InChI is InChI=1S/C10H9N3O3/c14-10(15)6-1-2-9-8(3-6)11-12-13(9)7-4-16-5-7/h1-3,7H,4-5H2,(H,14,15). The first-order chi connectivity index (χ1) is 7.75. The third-order valence-corrected chi connectivity index (χ3v) is 2.68. The van der Waals surface area contributed by atoms with Gasteiger partial charge in [0.15, 0.2) is 0 Å². The van der Waals surface area contributed by atoms with Crippen LogP contribution in [-0.2, 0) is 4.74 Å². The first kappa shape index (κ1) is 9.29. The van der Waals surface area contributed by atoms with Gasteiger partial charge in [0.05, 0.1) is 24.3 Å². The van der Waals surface area contributed by atoms with Crippen LogP contribution in [0.5, 0.6) is 0 Å². The molecule has 3 rings (SSSR count). The Morgan fingerprint density at radius 2 is 2.31 bits per heavy atom. The maximum absolute atomic E-state index is 10.8. The zero-order valence-corrected chi connectivity index (χ0v) is 8.33. The summed E-state index contributed by atoms with van der Waals surface area (Å²) in [6.07, 6.45) is 0. The summed E-state index contributed by atoms with van der Waals surface area (Å²) in [5.41, 5.74) is 1.68. The lowest BCUT2D eigenvalue weighted by atomic mass is 10.2. The minimum absolute atomic E-state index is 0.223. The van der Waals surface area contributed by atoms with Gasteiger partial charge in [-0.15, -0.1) is 5.10 Å². The van der Waals surface area contributed by atoms with Gasteiger partial charge in [-0.3, -0.25) is 0 Å². The fourth-order valence-corrected chi connectivity index (χ4v) is 1.71. The zero-order chi connectivity index (χ0) is 11.1. The Hall–Kier alpha value is -1.95. The van der Waals surface area contributed by atoms with Crippen molar-refractivity contribution in [1.29, 1.82) is 0 Å². The maximum atomic E-state index is 10.8. The van der Waals surface area contributed by atoms with Crippen molar-refractivity contribution in [3.8, 4) is 0 Å². The lowest BCUT2D eigenvalue weighted by molar-refractivity contribution is -0.0274. The van der Waals surface area contributed by atoms with E-state index in [0.29, 0.717) is 18.7 Å². The van der Waals surface area contributed by atoms with E-state index in [2.05, 4.69) is 10.3 Å². The molecule has 0 spiro atoms.